The summed E-state index contributed by atoms with van der Waals surface area (Å²) >= 11 is 0. The van der Waals surface area contributed by atoms with E-state index in [-0.39, 0.29) is 6.10 Å². The normalized spacial score (nSPS) is 12.2. The Balaban J connectivity index is 1.77. The number of rotatable bonds is 6. The number of benzene rings is 2. The van der Waals surface area contributed by atoms with Crippen LogP contribution in [0.1, 0.15) is 24.2 Å². The van der Waals surface area contributed by atoms with Crippen LogP contribution in [0.3, 0.4) is 0 Å². The Morgan fingerprint density at radius 2 is 1.79 bits per heavy atom. The maximum Gasteiger partial charge on any atom is 0.162 e. The van der Waals surface area contributed by atoms with Crippen LogP contribution in [0.15, 0.2) is 66.3 Å². The van der Waals surface area contributed by atoms with Gasteiger partial charge in [-0.2, -0.15) is 5.10 Å². The number of ether oxygens (including phenoxy) is 2. The van der Waals surface area contributed by atoms with Gasteiger partial charge in [-0.15, -0.1) is 10.2 Å². The van der Waals surface area contributed by atoms with Gasteiger partial charge in [0.25, 0.3) is 0 Å². The van der Waals surface area contributed by atoms with E-state index in [4.69, 9.17) is 9.47 Å². The van der Waals surface area contributed by atoms with E-state index in [1.807, 2.05) is 55.5 Å². The van der Waals surface area contributed by atoms with Crippen LogP contribution in [0.5, 0.6) is 11.5 Å². The molecule has 0 aliphatic carbocycles. The Morgan fingerprint density at radius 1 is 1.04 bits per heavy atom. The number of hydrogen-bond donors (Lipinski definition) is 0. The first kappa shape index (κ1) is 15.7. The summed E-state index contributed by atoms with van der Waals surface area (Å²) in [7, 11) is 1.62. The summed E-state index contributed by atoms with van der Waals surface area (Å²) < 4.78 is 13.0. The first-order valence-corrected chi connectivity index (χ1v) is 7.55. The molecule has 3 aromatic rings. The molecule has 0 aliphatic heterocycles. The first-order valence-electron chi connectivity index (χ1n) is 7.55. The minimum Gasteiger partial charge on any atom is -0.493 e. The molecule has 2 aromatic carbocycles. The molecule has 3 rings (SSSR count). The molecular weight excluding hydrogens is 304 g/mol. The van der Waals surface area contributed by atoms with Gasteiger partial charge < -0.3 is 9.47 Å². The van der Waals surface area contributed by atoms with Crippen LogP contribution in [0.25, 0.3) is 0 Å². The molecule has 24 heavy (non-hydrogen) atoms. The summed E-state index contributed by atoms with van der Waals surface area (Å²) in [5, 5.41) is 11.6. The van der Waals surface area contributed by atoms with Crippen molar-refractivity contribution in [1.82, 2.24) is 14.9 Å². The summed E-state index contributed by atoms with van der Waals surface area (Å²) in [5.74, 6) is 1.35. The van der Waals surface area contributed by atoms with Gasteiger partial charge in [-0.25, -0.2) is 4.68 Å². The quantitative estimate of drug-likeness (QED) is 0.653. The fourth-order valence-electron chi connectivity index (χ4n) is 2.23. The van der Waals surface area contributed by atoms with Crippen molar-refractivity contribution in [1.29, 1.82) is 0 Å². The molecule has 122 valence electrons. The topological polar surface area (TPSA) is 61.5 Å². The zero-order valence-electron chi connectivity index (χ0n) is 13.5. The Morgan fingerprint density at radius 3 is 2.50 bits per heavy atom. The molecule has 0 fully saturated rings. The minimum absolute atomic E-state index is 0.0726. The van der Waals surface area contributed by atoms with Crippen molar-refractivity contribution in [2.45, 2.75) is 13.0 Å². The molecule has 0 radical (unpaired) electrons. The molecule has 0 bridgehead atoms. The number of hydrogen-bond acceptors (Lipinski definition) is 5. The second kappa shape index (κ2) is 7.41. The molecule has 1 aromatic heterocycles. The van der Waals surface area contributed by atoms with Crippen LogP contribution >= 0.6 is 0 Å². The van der Waals surface area contributed by atoms with E-state index < -0.39 is 0 Å². The molecule has 0 saturated carbocycles. The Labute approximate surface area is 140 Å². The predicted octanol–water partition coefficient (Wildman–Crippen LogP) is 3.31. The molecule has 0 saturated heterocycles. The lowest BCUT2D eigenvalue weighted by molar-refractivity contribution is 0.216. The Hall–Kier alpha value is -3.15. The van der Waals surface area contributed by atoms with E-state index >= 15 is 0 Å². The SMILES string of the molecule is COc1cc(C=Nn2cnnc2)ccc1OC(C)c1ccccc1. The number of nitrogens with zero attached hydrogens (tertiary/aromatic N) is 4. The third-order valence-electron chi connectivity index (χ3n) is 3.51. The zero-order chi connectivity index (χ0) is 16.8. The third kappa shape index (κ3) is 3.78. The van der Waals surface area contributed by atoms with Crippen LogP contribution in [-0.4, -0.2) is 28.2 Å². The van der Waals surface area contributed by atoms with E-state index in [1.165, 1.54) is 17.3 Å². The van der Waals surface area contributed by atoms with Gasteiger partial charge in [0, 0.05) is 0 Å². The average molecular weight is 322 g/mol. The predicted molar refractivity (Wildman–Crippen MR) is 91.5 cm³/mol. The van der Waals surface area contributed by atoms with E-state index in [9.17, 15) is 0 Å². The molecule has 0 aliphatic rings. The molecular formula is C18H18N4O2. The lowest BCUT2D eigenvalue weighted by Gasteiger charge is -2.17. The van der Waals surface area contributed by atoms with Crippen LogP contribution in [-0.2, 0) is 0 Å². The fourth-order valence-corrected chi connectivity index (χ4v) is 2.23. The van der Waals surface area contributed by atoms with Gasteiger partial charge >= 0.3 is 0 Å². The highest BCUT2D eigenvalue weighted by molar-refractivity contribution is 5.80. The van der Waals surface area contributed by atoms with Crippen LogP contribution in [0.4, 0.5) is 0 Å². The van der Waals surface area contributed by atoms with Crippen molar-refractivity contribution < 1.29 is 9.47 Å². The van der Waals surface area contributed by atoms with Gasteiger partial charge in [0.15, 0.2) is 11.5 Å². The van der Waals surface area contributed by atoms with Crippen molar-refractivity contribution in [2.24, 2.45) is 5.10 Å². The highest BCUT2D eigenvalue weighted by Crippen LogP contribution is 2.31. The van der Waals surface area contributed by atoms with Crippen molar-refractivity contribution in [3.8, 4) is 11.5 Å². The second-order valence-electron chi connectivity index (χ2n) is 5.17. The molecule has 0 N–H and O–H groups in total. The molecule has 0 amide bonds. The maximum atomic E-state index is 6.03. The van der Waals surface area contributed by atoms with Crippen LogP contribution < -0.4 is 9.47 Å². The molecule has 1 atom stereocenters. The fraction of sp³-hybridized carbons (Fsp3) is 0.167. The summed E-state index contributed by atoms with van der Waals surface area (Å²) in [6, 6.07) is 15.7. The third-order valence-corrected chi connectivity index (χ3v) is 3.51. The monoisotopic (exact) mass is 322 g/mol. The minimum atomic E-state index is -0.0726. The summed E-state index contributed by atoms with van der Waals surface area (Å²) in [6.45, 7) is 2.01. The summed E-state index contributed by atoms with van der Waals surface area (Å²) in [6.07, 6.45) is 4.67. The Bertz CT molecular complexity index is 801. The average Bonchev–Trinajstić information content (AvgIpc) is 3.15. The highest BCUT2D eigenvalue weighted by Gasteiger charge is 2.11. The summed E-state index contributed by atoms with van der Waals surface area (Å²) in [4.78, 5) is 0. The van der Waals surface area contributed by atoms with Gasteiger partial charge in [0.1, 0.15) is 18.8 Å². The molecule has 6 heteroatoms. The van der Waals surface area contributed by atoms with E-state index in [0.717, 1.165) is 11.1 Å². The van der Waals surface area contributed by atoms with Crippen molar-refractivity contribution in [3.63, 3.8) is 0 Å². The van der Waals surface area contributed by atoms with Gasteiger partial charge in [-0.1, -0.05) is 30.3 Å². The highest BCUT2D eigenvalue weighted by atomic mass is 16.5. The van der Waals surface area contributed by atoms with E-state index in [0.29, 0.717) is 11.5 Å². The first-order chi connectivity index (χ1) is 11.8. The largest absolute Gasteiger partial charge is 0.493 e. The van der Waals surface area contributed by atoms with E-state index in [2.05, 4.69) is 15.3 Å². The number of methoxy groups -OCH3 is 1. The molecule has 1 heterocycles. The van der Waals surface area contributed by atoms with Gasteiger partial charge in [-0.05, 0) is 36.2 Å². The lowest BCUT2D eigenvalue weighted by atomic mass is 10.1. The smallest absolute Gasteiger partial charge is 0.162 e. The van der Waals surface area contributed by atoms with Crippen molar-refractivity contribution in [2.75, 3.05) is 7.11 Å². The molecule has 6 nitrogen and oxygen atoms in total. The number of aromatic nitrogens is 3. The summed E-state index contributed by atoms with van der Waals surface area (Å²) in [5.41, 5.74) is 2.00. The van der Waals surface area contributed by atoms with Crippen molar-refractivity contribution in [3.05, 3.63) is 72.3 Å². The van der Waals surface area contributed by atoms with E-state index in [1.54, 1.807) is 13.3 Å². The van der Waals surface area contributed by atoms with Crippen LogP contribution in [0.2, 0.25) is 0 Å². The van der Waals surface area contributed by atoms with Crippen molar-refractivity contribution >= 4 is 6.21 Å². The van der Waals surface area contributed by atoms with Gasteiger partial charge in [0.05, 0.1) is 13.3 Å². The van der Waals surface area contributed by atoms with Crippen LogP contribution in [0, 0.1) is 0 Å². The lowest BCUT2D eigenvalue weighted by Crippen LogP contribution is -2.04. The van der Waals surface area contributed by atoms with Gasteiger partial charge in [-0.3, -0.25) is 0 Å². The maximum absolute atomic E-state index is 6.03. The molecule has 0 spiro atoms. The molecule has 1 unspecified atom stereocenters. The standard InChI is InChI=1S/C18H18N4O2/c1-14(16-6-4-3-5-7-16)24-17-9-8-15(10-18(17)23-2)11-21-22-12-19-20-13-22/h3-14H,1-2H3. The van der Waals surface area contributed by atoms with Gasteiger partial charge in [0.2, 0.25) is 0 Å². The second-order valence-corrected chi connectivity index (χ2v) is 5.17. The Kier molecular flexibility index (Phi) is 4.86. The zero-order valence-corrected chi connectivity index (χ0v) is 13.5.